The van der Waals surface area contributed by atoms with Crippen LogP contribution in [0.2, 0.25) is 0 Å². The van der Waals surface area contributed by atoms with Crippen molar-refractivity contribution < 1.29 is 4.79 Å². The first-order valence-corrected chi connectivity index (χ1v) is 10.5. The molecule has 1 N–H and O–H groups in total. The molecule has 0 spiro atoms. The molecule has 3 aromatic rings. The average molecular weight is 394 g/mol. The highest BCUT2D eigenvalue weighted by atomic mass is 32.2. The van der Waals surface area contributed by atoms with E-state index in [0.717, 1.165) is 23.4 Å². The van der Waals surface area contributed by atoms with Crippen LogP contribution in [0, 0.1) is 0 Å². The first-order chi connectivity index (χ1) is 13.3. The number of hydrogen-bond acceptors (Lipinski definition) is 4. The van der Waals surface area contributed by atoms with Crippen molar-refractivity contribution in [1.29, 1.82) is 0 Å². The summed E-state index contributed by atoms with van der Waals surface area (Å²) in [6, 6.07) is 16.2. The topological polar surface area (TPSA) is 58.6 Å². The van der Waals surface area contributed by atoms with E-state index < -0.39 is 0 Å². The van der Waals surface area contributed by atoms with Gasteiger partial charge in [0.05, 0.1) is 5.25 Å². The second-order valence-corrected chi connectivity index (χ2v) is 9.28. The Morgan fingerprint density at radius 2 is 1.71 bits per heavy atom. The maximum Gasteiger partial charge on any atom is 0.209 e. The van der Waals surface area contributed by atoms with Crippen molar-refractivity contribution in [2.45, 2.75) is 56.9 Å². The summed E-state index contributed by atoms with van der Waals surface area (Å²) in [5.74, 6) is 0.809. The van der Waals surface area contributed by atoms with Gasteiger partial charge in [-0.3, -0.25) is 9.89 Å². The number of carbonyl (C=O) groups excluding carboxylic acids is 1. The fourth-order valence-corrected chi connectivity index (χ4v) is 3.71. The normalized spacial score (nSPS) is 12.8. The molecule has 0 radical (unpaired) electrons. The molecule has 1 heterocycles. The van der Waals surface area contributed by atoms with Crippen LogP contribution in [0.25, 0.3) is 11.4 Å². The Bertz CT molecular complexity index is 937. The molecular weight excluding hydrogens is 366 g/mol. The molecule has 0 saturated carbocycles. The van der Waals surface area contributed by atoms with E-state index in [1.54, 1.807) is 0 Å². The molecule has 0 fully saturated rings. The molecule has 3 rings (SSSR count). The number of nitrogens with zero attached hydrogens (tertiary/aromatic N) is 2. The number of aromatic amines is 1. The summed E-state index contributed by atoms with van der Waals surface area (Å²) in [4.78, 5) is 17.3. The van der Waals surface area contributed by atoms with Gasteiger partial charge in [-0.2, -0.15) is 0 Å². The van der Waals surface area contributed by atoms with Gasteiger partial charge in [0.15, 0.2) is 11.6 Å². The number of Topliss-reactive ketones (excluding diaryl/α,β-unsaturated/α-hetero) is 1. The minimum atomic E-state index is -0.258. The lowest BCUT2D eigenvalue weighted by Crippen LogP contribution is -2.15. The third-order valence-corrected chi connectivity index (χ3v) is 5.75. The van der Waals surface area contributed by atoms with Gasteiger partial charge in [-0.25, -0.2) is 4.98 Å². The number of H-pyrrole nitrogens is 1. The summed E-state index contributed by atoms with van der Waals surface area (Å²) in [5.41, 5.74) is 4.30. The molecule has 1 aromatic heterocycles. The van der Waals surface area contributed by atoms with E-state index in [9.17, 15) is 4.79 Å². The van der Waals surface area contributed by atoms with Gasteiger partial charge < -0.3 is 0 Å². The Labute approximate surface area is 171 Å². The van der Waals surface area contributed by atoms with E-state index in [1.165, 1.54) is 22.9 Å². The first-order valence-electron chi connectivity index (χ1n) is 9.61. The molecule has 0 aliphatic heterocycles. The minimum absolute atomic E-state index is 0.0760. The quantitative estimate of drug-likeness (QED) is 0.431. The first kappa shape index (κ1) is 20.3. The van der Waals surface area contributed by atoms with Gasteiger partial charge in [-0.05, 0) is 29.9 Å². The monoisotopic (exact) mass is 393 g/mol. The van der Waals surface area contributed by atoms with E-state index >= 15 is 0 Å². The molecule has 1 atom stereocenters. The van der Waals surface area contributed by atoms with Crippen LogP contribution in [-0.2, 0) is 11.8 Å². The van der Waals surface area contributed by atoms with Crippen LogP contribution >= 0.6 is 11.8 Å². The van der Waals surface area contributed by atoms with Crippen molar-refractivity contribution in [2.24, 2.45) is 0 Å². The van der Waals surface area contributed by atoms with E-state index in [-0.39, 0.29) is 16.4 Å². The van der Waals surface area contributed by atoms with Crippen LogP contribution in [0.1, 0.15) is 56.1 Å². The third-order valence-electron chi connectivity index (χ3n) is 4.79. The predicted molar refractivity (Wildman–Crippen MR) is 116 cm³/mol. The lowest BCUT2D eigenvalue weighted by molar-refractivity contribution is 0.0994. The van der Waals surface area contributed by atoms with Gasteiger partial charge in [0, 0.05) is 11.1 Å². The van der Waals surface area contributed by atoms with Gasteiger partial charge in [0.1, 0.15) is 0 Å². The number of benzene rings is 2. The van der Waals surface area contributed by atoms with Gasteiger partial charge in [-0.1, -0.05) is 88.0 Å². The van der Waals surface area contributed by atoms with Crippen molar-refractivity contribution in [3.63, 3.8) is 0 Å². The summed E-state index contributed by atoms with van der Waals surface area (Å²) in [5, 5.41) is 7.57. The van der Waals surface area contributed by atoms with Crippen LogP contribution in [0.3, 0.4) is 0 Å². The van der Waals surface area contributed by atoms with Crippen LogP contribution < -0.4 is 0 Å². The van der Waals surface area contributed by atoms with Crippen LogP contribution in [0.4, 0.5) is 0 Å². The van der Waals surface area contributed by atoms with Crippen LogP contribution in [0.15, 0.2) is 53.7 Å². The van der Waals surface area contributed by atoms with Crippen LogP contribution in [-0.4, -0.2) is 26.2 Å². The van der Waals surface area contributed by atoms with Gasteiger partial charge in [0.2, 0.25) is 5.16 Å². The second kappa shape index (κ2) is 8.31. The minimum Gasteiger partial charge on any atom is -0.293 e. The molecule has 146 valence electrons. The highest BCUT2D eigenvalue weighted by molar-refractivity contribution is 8.00. The number of carbonyl (C=O) groups is 1. The molecule has 28 heavy (non-hydrogen) atoms. The fraction of sp³-hybridized carbons (Fsp3) is 0.348. The number of hydrogen-bond donors (Lipinski definition) is 1. The Morgan fingerprint density at radius 3 is 2.29 bits per heavy atom. The number of nitrogens with one attached hydrogen (secondary N) is 1. The molecule has 0 amide bonds. The zero-order chi connectivity index (χ0) is 20.3. The maximum absolute atomic E-state index is 12.8. The smallest absolute Gasteiger partial charge is 0.209 e. The van der Waals surface area contributed by atoms with Gasteiger partial charge >= 0.3 is 0 Å². The lowest BCUT2D eigenvalue weighted by Gasteiger charge is -2.19. The van der Waals surface area contributed by atoms with Gasteiger partial charge in [0.25, 0.3) is 0 Å². The number of ketones is 1. The Balaban J connectivity index is 1.68. The number of aromatic nitrogens is 3. The van der Waals surface area contributed by atoms with Crippen LogP contribution in [0.5, 0.6) is 0 Å². The Kier molecular flexibility index (Phi) is 6.04. The van der Waals surface area contributed by atoms with E-state index in [1.807, 2.05) is 43.3 Å². The molecule has 0 aliphatic carbocycles. The van der Waals surface area contributed by atoms with Crippen molar-refractivity contribution in [1.82, 2.24) is 15.2 Å². The zero-order valence-electron chi connectivity index (χ0n) is 17.1. The van der Waals surface area contributed by atoms with E-state index in [0.29, 0.717) is 5.16 Å². The van der Waals surface area contributed by atoms with Gasteiger partial charge in [-0.15, -0.1) is 5.10 Å². The SMILES string of the molecule is CCc1ccc(-c2nc(S[C@H](C)C(=O)c3ccc(C(C)(C)C)cc3)n[nH]2)cc1. The van der Waals surface area contributed by atoms with E-state index in [4.69, 9.17) is 0 Å². The number of aryl methyl sites for hydroxylation is 1. The highest BCUT2D eigenvalue weighted by Crippen LogP contribution is 2.27. The summed E-state index contributed by atoms with van der Waals surface area (Å²) in [6.07, 6.45) is 1.01. The average Bonchev–Trinajstić information content (AvgIpc) is 3.15. The Morgan fingerprint density at radius 1 is 1.07 bits per heavy atom. The molecule has 2 aromatic carbocycles. The summed E-state index contributed by atoms with van der Waals surface area (Å²) >= 11 is 1.38. The maximum atomic E-state index is 12.8. The Hall–Kier alpha value is -2.40. The lowest BCUT2D eigenvalue weighted by atomic mass is 9.86. The summed E-state index contributed by atoms with van der Waals surface area (Å²) in [7, 11) is 0. The van der Waals surface area contributed by atoms with Crippen molar-refractivity contribution in [3.8, 4) is 11.4 Å². The molecule has 0 unspecified atom stereocenters. The third kappa shape index (κ3) is 4.71. The molecule has 5 heteroatoms. The standard InChI is InChI=1S/C23H27N3OS/c1-6-16-7-9-18(10-8-16)21-24-22(26-25-21)28-15(2)20(27)17-11-13-19(14-12-17)23(3,4)5/h7-15H,6H2,1-5H3,(H,24,25,26)/t15-/m1/s1. The summed E-state index contributed by atoms with van der Waals surface area (Å²) < 4.78 is 0. The molecule has 4 nitrogen and oxygen atoms in total. The van der Waals surface area contributed by atoms with Crippen molar-refractivity contribution in [2.75, 3.05) is 0 Å². The molecular formula is C23H27N3OS. The largest absolute Gasteiger partial charge is 0.293 e. The highest BCUT2D eigenvalue weighted by Gasteiger charge is 2.20. The summed E-state index contributed by atoms with van der Waals surface area (Å²) in [6.45, 7) is 10.5. The molecule has 0 saturated heterocycles. The number of rotatable bonds is 6. The second-order valence-electron chi connectivity index (χ2n) is 7.97. The fourth-order valence-electron chi connectivity index (χ4n) is 2.91. The van der Waals surface area contributed by atoms with E-state index in [2.05, 4.69) is 55.0 Å². The predicted octanol–water partition coefficient (Wildman–Crippen LogP) is 5.70. The zero-order valence-corrected chi connectivity index (χ0v) is 17.9. The van der Waals surface area contributed by atoms with Crippen molar-refractivity contribution in [3.05, 3.63) is 65.2 Å². The molecule has 0 bridgehead atoms. The van der Waals surface area contributed by atoms with Crippen molar-refractivity contribution >= 4 is 17.5 Å². The molecule has 0 aliphatic rings. The number of thioether (sulfide) groups is 1.